The average Bonchev–Trinajstić information content (AvgIpc) is 2.49. The molecule has 16 heteroatoms. The third-order valence-electron chi connectivity index (χ3n) is 4.04. The Balaban J connectivity index is 6.17. The lowest BCUT2D eigenvalue weighted by molar-refractivity contribution is -0.357. The highest BCUT2D eigenvalue weighted by atomic mass is 19.4. The summed E-state index contributed by atoms with van der Waals surface area (Å²) in [5.74, 6) is -4.52. The Bertz CT molecular complexity index is 572. The van der Waals surface area contributed by atoms with Gasteiger partial charge in [0.1, 0.15) is 0 Å². The van der Waals surface area contributed by atoms with Crippen molar-refractivity contribution >= 4 is 5.97 Å². The molecule has 184 valence electrons. The second kappa shape index (κ2) is 9.00. The van der Waals surface area contributed by atoms with Gasteiger partial charge in [0.25, 0.3) is 11.3 Å². The maximum atomic E-state index is 13.9. The van der Waals surface area contributed by atoms with Crippen LogP contribution in [0, 0.1) is 5.92 Å². The summed E-state index contributed by atoms with van der Waals surface area (Å²) in [4.78, 5) is 11.1. The minimum atomic E-state index is -6.81. The van der Waals surface area contributed by atoms with E-state index in [0.717, 1.165) is 6.92 Å². The highest BCUT2D eigenvalue weighted by Gasteiger charge is 2.75. The molecular weight excluding hydrogens is 478 g/mol. The lowest BCUT2D eigenvalue weighted by Gasteiger charge is -2.37. The molecule has 31 heavy (non-hydrogen) atoms. The van der Waals surface area contributed by atoms with Gasteiger partial charge in [-0.25, -0.2) is 13.6 Å². The van der Waals surface area contributed by atoms with Gasteiger partial charge in [-0.05, 0) is 19.3 Å². The SMILES string of the molecule is C=C(C)C(=O)OCCC(CC(F)(C(F)(F)F)C(F)(F)F)CC(F)(C(F)(F)F)C(F)(F)F. The predicted octanol–water partition coefficient (Wildman–Crippen LogP) is 6.56. The molecule has 0 fully saturated rings. The highest BCUT2D eigenvalue weighted by Crippen LogP contribution is 2.54. The Morgan fingerprint density at radius 3 is 1.23 bits per heavy atom. The second-order valence-electron chi connectivity index (χ2n) is 6.57. The van der Waals surface area contributed by atoms with Crippen LogP contribution in [0.1, 0.15) is 26.2 Å². The molecule has 0 bridgehead atoms. The van der Waals surface area contributed by atoms with E-state index < -0.39 is 79.4 Å². The zero-order valence-electron chi connectivity index (χ0n) is 15.2. The minimum absolute atomic E-state index is 0.396. The fourth-order valence-electron chi connectivity index (χ4n) is 2.30. The normalized spacial score (nSPS) is 14.7. The molecule has 0 heterocycles. The molecule has 0 saturated carbocycles. The largest absolute Gasteiger partial charge is 0.462 e. The summed E-state index contributed by atoms with van der Waals surface area (Å²) >= 11 is 0. The lowest BCUT2D eigenvalue weighted by atomic mass is 9.81. The molecule has 2 nitrogen and oxygen atoms in total. The van der Waals surface area contributed by atoms with Gasteiger partial charge in [0.05, 0.1) is 6.61 Å². The van der Waals surface area contributed by atoms with Crippen molar-refractivity contribution in [3.8, 4) is 0 Å². The predicted molar refractivity (Wildman–Crippen MR) is 75.0 cm³/mol. The Morgan fingerprint density at radius 2 is 1.00 bits per heavy atom. The van der Waals surface area contributed by atoms with Crippen LogP contribution in [0.25, 0.3) is 0 Å². The first-order valence-electron chi connectivity index (χ1n) is 7.88. The first-order valence-corrected chi connectivity index (χ1v) is 7.88. The summed E-state index contributed by atoms with van der Waals surface area (Å²) < 4.78 is 184. The molecule has 0 aromatic heterocycles. The Hall–Kier alpha value is -1.77. The smallest absolute Gasteiger partial charge is 0.431 e. The molecule has 0 aromatic carbocycles. The van der Waals surface area contributed by atoms with Gasteiger partial charge in [0.15, 0.2) is 0 Å². The number of hydrogen-bond donors (Lipinski definition) is 0. The molecule has 0 aliphatic carbocycles. The number of hydrogen-bond acceptors (Lipinski definition) is 2. The van der Waals surface area contributed by atoms with Crippen LogP contribution in [0.5, 0.6) is 0 Å². The molecule has 0 saturated heterocycles. The molecule has 0 spiro atoms. The summed E-state index contributed by atoms with van der Waals surface area (Å²) in [5, 5.41) is 0. The summed E-state index contributed by atoms with van der Waals surface area (Å²) in [6, 6.07) is 0. The van der Waals surface area contributed by atoms with Gasteiger partial charge in [-0.2, -0.15) is 52.7 Å². The number of alkyl halides is 14. The van der Waals surface area contributed by atoms with Crippen molar-refractivity contribution in [2.45, 2.75) is 62.2 Å². The number of carbonyl (C=O) groups excluding carboxylic acids is 1. The quantitative estimate of drug-likeness (QED) is 0.218. The first kappa shape index (κ1) is 29.2. The maximum absolute atomic E-state index is 13.9. The van der Waals surface area contributed by atoms with E-state index in [-0.39, 0.29) is 0 Å². The van der Waals surface area contributed by atoms with E-state index in [1.807, 2.05) is 0 Å². The van der Waals surface area contributed by atoms with E-state index in [1.54, 1.807) is 0 Å². The molecule has 0 radical (unpaired) electrons. The van der Waals surface area contributed by atoms with Crippen molar-refractivity contribution in [2.75, 3.05) is 6.61 Å². The van der Waals surface area contributed by atoms with E-state index in [9.17, 15) is 66.3 Å². The molecule has 0 N–H and O–H groups in total. The van der Waals surface area contributed by atoms with Crippen LogP contribution < -0.4 is 0 Å². The third kappa shape index (κ3) is 6.60. The standard InChI is InChI=1S/C15H14F14O2/c1-7(2)9(30)31-4-3-8(5-10(16,12(18,19)20)13(21,22)23)6-11(17,14(24,25)26)15(27,28)29/h8H,1,3-6H2,2H3. The van der Waals surface area contributed by atoms with Gasteiger partial charge in [-0.15, -0.1) is 0 Å². The molecule has 0 aliphatic heterocycles. The van der Waals surface area contributed by atoms with E-state index in [4.69, 9.17) is 0 Å². The van der Waals surface area contributed by atoms with Crippen LogP contribution in [-0.4, -0.2) is 48.6 Å². The summed E-state index contributed by atoms with van der Waals surface area (Å²) in [6.07, 6.45) is -34.9. The van der Waals surface area contributed by atoms with Crippen LogP contribution in [0.15, 0.2) is 12.2 Å². The summed E-state index contributed by atoms with van der Waals surface area (Å²) in [7, 11) is 0. The summed E-state index contributed by atoms with van der Waals surface area (Å²) in [6.45, 7) is 2.67. The Morgan fingerprint density at radius 1 is 0.710 bits per heavy atom. The van der Waals surface area contributed by atoms with E-state index in [2.05, 4.69) is 11.3 Å². The molecule has 0 aromatic rings. The second-order valence-corrected chi connectivity index (χ2v) is 6.57. The average molecular weight is 492 g/mol. The first-order chi connectivity index (χ1) is 13.4. The van der Waals surface area contributed by atoms with Crippen molar-refractivity contribution in [3.05, 3.63) is 12.2 Å². The number of halogens is 14. The van der Waals surface area contributed by atoms with E-state index in [0.29, 0.717) is 0 Å². The van der Waals surface area contributed by atoms with Crippen LogP contribution in [0.2, 0.25) is 0 Å². The van der Waals surface area contributed by atoms with Crippen molar-refractivity contribution in [1.29, 1.82) is 0 Å². The van der Waals surface area contributed by atoms with Gasteiger partial charge in [-0.3, -0.25) is 0 Å². The molecule has 0 amide bonds. The summed E-state index contributed by atoms with van der Waals surface area (Å²) in [5.41, 5.74) is -12.9. The molecule has 0 atom stereocenters. The van der Waals surface area contributed by atoms with Gasteiger partial charge in [0.2, 0.25) is 0 Å². The topological polar surface area (TPSA) is 26.3 Å². The maximum Gasteiger partial charge on any atom is 0.431 e. The molecule has 0 unspecified atom stereocenters. The minimum Gasteiger partial charge on any atom is -0.462 e. The van der Waals surface area contributed by atoms with Crippen molar-refractivity contribution < 1.29 is 71.0 Å². The fraction of sp³-hybridized carbons (Fsp3) is 0.800. The van der Waals surface area contributed by atoms with Crippen LogP contribution >= 0.6 is 0 Å². The van der Waals surface area contributed by atoms with Crippen molar-refractivity contribution in [2.24, 2.45) is 5.92 Å². The van der Waals surface area contributed by atoms with Gasteiger partial charge in [-0.1, -0.05) is 6.58 Å². The number of carbonyl (C=O) groups is 1. The zero-order valence-corrected chi connectivity index (χ0v) is 15.2. The monoisotopic (exact) mass is 492 g/mol. The van der Waals surface area contributed by atoms with Crippen LogP contribution in [-0.2, 0) is 9.53 Å². The number of ether oxygens (including phenoxy) is 1. The van der Waals surface area contributed by atoms with Gasteiger partial charge in [0, 0.05) is 18.4 Å². The van der Waals surface area contributed by atoms with Crippen molar-refractivity contribution in [3.63, 3.8) is 0 Å². The zero-order chi connectivity index (χ0) is 25.3. The third-order valence-corrected chi connectivity index (χ3v) is 4.04. The molecule has 0 aliphatic rings. The molecule has 0 rings (SSSR count). The highest BCUT2D eigenvalue weighted by molar-refractivity contribution is 5.86. The molecular formula is C15H14F14O2. The van der Waals surface area contributed by atoms with Crippen LogP contribution in [0.3, 0.4) is 0 Å². The van der Waals surface area contributed by atoms with Gasteiger partial charge >= 0.3 is 30.7 Å². The number of esters is 1. The Kier molecular flexibility index (Phi) is 8.48. The Labute approximate surface area is 165 Å². The van der Waals surface area contributed by atoms with Gasteiger partial charge < -0.3 is 4.74 Å². The van der Waals surface area contributed by atoms with E-state index >= 15 is 0 Å². The van der Waals surface area contributed by atoms with Crippen molar-refractivity contribution in [1.82, 2.24) is 0 Å². The van der Waals surface area contributed by atoms with Crippen LogP contribution in [0.4, 0.5) is 61.5 Å². The lowest BCUT2D eigenvalue weighted by Crippen LogP contribution is -2.57. The number of rotatable bonds is 8. The fourth-order valence-corrected chi connectivity index (χ4v) is 2.30. The van der Waals surface area contributed by atoms with E-state index in [1.165, 1.54) is 0 Å².